The van der Waals surface area contributed by atoms with Crippen LogP contribution < -0.4 is 4.72 Å². The van der Waals surface area contributed by atoms with Crippen molar-refractivity contribution in [1.82, 2.24) is 9.97 Å². The molecule has 3 aromatic rings. The fourth-order valence-corrected chi connectivity index (χ4v) is 4.32. The van der Waals surface area contributed by atoms with Crippen molar-refractivity contribution in [3.63, 3.8) is 0 Å². The minimum atomic E-state index is -1.25. The van der Waals surface area contributed by atoms with Crippen LogP contribution in [-0.2, 0) is 16.7 Å². The van der Waals surface area contributed by atoms with Crippen molar-refractivity contribution in [3.8, 4) is 6.07 Å². The molecule has 0 saturated heterocycles. The predicted molar refractivity (Wildman–Crippen MR) is 90.1 cm³/mol. The molecule has 2 aromatic heterocycles. The number of nitrogens with zero attached hydrogens (tertiary/aromatic N) is 2. The van der Waals surface area contributed by atoms with Crippen LogP contribution in [0, 0.1) is 25.2 Å². The topological polar surface area (TPSA) is 81.6 Å². The summed E-state index contributed by atoms with van der Waals surface area (Å²) in [5.41, 5.74) is 3.16. The molecule has 112 valence electrons. The van der Waals surface area contributed by atoms with Crippen molar-refractivity contribution in [1.29, 1.82) is 5.26 Å². The first kappa shape index (κ1) is 14.8. The third kappa shape index (κ3) is 2.75. The number of anilines is 1. The maximum absolute atomic E-state index is 12.3. The van der Waals surface area contributed by atoms with Crippen LogP contribution in [-0.4, -0.2) is 14.2 Å². The monoisotopic (exact) mass is 330 g/mol. The van der Waals surface area contributed by atoms with Gasteiger partial charge in [0.2, 0.25) is 0 Å². The normalized spacial score (nSPS) is 12.2. The molecule has 0 aliphatic heterocycles. The molecule has 0 aliphatic rings. The molecule has 3 rings (SSSR count). The first-order valence-electron chi connectivity index (χ1n) is 6.65. The molecule has 1 unspecified atom stereocenters. The molecule has 0 amide bonds. The number of benzene rings is 1. The smallest absolute Gasteiger partial charge is 0.122 e. The van der Waals surface area contributed by atoms with Crippen LogP contribution in [0.1, 0.15) is 21.0 Å². The number of hydrogen-bond acceptors (Lipinski definition) is 4. The van der Waals surface area contributed by atoms with Gasteiger partial charge >= 0.3 is 0 Å². The number of nitrogens with one attached hydrogen (secondary N) is 2. The van der Waals surface area contributed by atoms with E-state index in [0.29, 0.717) is 11.3 Å². The van der Waals surface area contributed by atoms with E-state index in [4.69, 9.17) is 5.26 Å². The quantitative estimate of drug-likeness (QED) is 0.769. The Hall–Kier alpha value is -2.17. The van der Waals surface area contributed by atoms with Crippen molar-refractivity contribution in [3.05, 3.63) is 45.5 Å². The summed E-state index contributed by atoms with van der Waals surface area (Å²) < 4.78 is 15.3. The number of aromatic amines is 1. The molecule has 5 nitrogen and oxygen atoms in total. The van der Waals surface area contributed by atoms with Gasteiger partial charge in [-0.05, 0) is 25.5 Å². The minimum Gasteiger partial charge on any atom is -0.358 e. The average molecular weight is 330 g/mol. The Morgan fingerprint density at radius 2 is 2.27 bits per heavy atom. The maximum atomic E-state index is 12.3. The third-order valence-corrected chi connectivity index (χ3v) is 5.45. The minimum absolute atomic E-state index is 0.409. The van der Waals surface area contributed by atoms with Crippen molar-refractivity contribution < 1.29 is 4.21 Å². The lowest BCUT2D eigenvalue weighted by atomic mass is 10.1. The highest BCUT2D eigenvalue weighted by atomic mass is 32.2. The van der Waals surface area contributed by atoms with E-state index in [1.54, 1.807) is 23.7 Å². The van der Waals surface area contributed by atoms with Crippen molar-refractivity contribution in [2.75, 3.05) is 4.72 Å². The lowest BCUT2D eigenvalue weighted by Crippen LogP contribution is -2.06. The number of H-pyrrole nitrogens is 1. The van der Waals surface area contributed by atoms with Crippen LogP contribution in [0.4, 0.5) is 5.69 Å². The van der Waals surface area contributed by atoms with Crippen molar-refractivity contribution in [2.24, 2.45) is 0 Å². The highest BCUT2D eigenvalue weighted by Crippen LogP contribution is 2.29. The Balaban J connectivity index is 1.88. The number of fused-ring (bicyclic) bond motifs is 1. The fourth-order valence-electron chi connectivity index (χ4n) is 2.35. The Kier molecular flexibility index (Phi) is 3.96. The molecule has 1 atom stereocenters. The molecule has 2 N–H and O–H groups in total. The van der Waals surface area contributed by atoms with Crippen LogP contribution >= 0.6 is 11.3 Å². The van der Waals surface area contributed by atoms with E-state index in [9.17, 15) is 4.21 Å². The van der Waals surface area contributed by atoms with Gasteiger partial charge in [-0.3, -0.25) is 0 Å². The standard InChI is InChI=1S/C15H14N4OS2/c1-9-3-4-13(15-14(9)11(5-16)6-18-15)19-22(20)8-12-7-17-10(2)21-12/h3-4,6-7,18-19H,8H2,1-2H3. The molecule has 1 aromatic carbocycles. The number of aromatic nitrogens is 2. The second-order valence-electron chi connectivity index (χ2n) is 4.93. The summed E-state index contributed by atoms with van der Waals surface area (Å²) in [5, 5.41) is 11.0. The molecule has 0 spiro atoms. The summed E-state index contributed by atoms with van der Waals surface area (Å²) in [4.78, 5) is 8.24. The molecule has 0 bridgehead atoms. The maximum Gasteiger partial charge on any atom is 0.122 e. The summed E-state index contributed by atoms with van der Waals surface area (Å²) in [7, 11) is -1.25. The van der Waals surface area contributed by atoms with Crippen molar-refractivity contribution in [2.45, 2.75) is 19.6 Å². The molecule has 0 fully saturated rings. The molecule has 0 aliphatic carbocycles. The lowest BCUT2D eigenvalue weighted by molar-refractivity contribution is 0.686. The van der Waals surface area contributed by atoms with Crippen LogP contribution in [0.25, 0.3) is 10.9 Å². The van der Waals surface area contributed by atoms with Gasteiger partial charge in [0.1, 0.15) is 17.1 Å². The van der Waals surface area contributed by atoms with Crippen LogP contribution in [0.5, 0.6) is 0 Å². The van der Waals surface area contributed by atoms with Gasteiger partial charge in [0.25, 0.3) is 0 Å². The summed E-state index contributed by atoms with van der Waals surface area (Å²) >= 11 is 1.55. The second kappa shape index (κ2) is 5.91. The van der Waals surface area contributed by atoms with E-state index in [1.165, 1.54) is 0 Å². The van der Waals surface area contributed by atoms with Gasteiger partial charge in [0.15, 0.2) is 0 Å². The van der Waals surface area contributed by atoms with Gasteiger partial charge in [0.05, 0.1) is 27.5 Å². The number of nitriles is 1. The number of rotatable bonds is 4. The first-order valence-corrected chi connectivity index (χ1v) is 8.79. The highest BCUT2D eigenvalue weighted by Gasteiger charge is 2.12. The van der Waals surface area contributed by atoms with Gasteiger partial charge in [-0.15, -0.1) is 11.3 Å². The third-order valence-electron chi connectivity index (χ3n) is 3.33. The lowest BCUT2D eigenvalue weighted by Gasteiger charge is -2.08. The summed E-state index contributed by atoms with van der Waals surface area (Å²) in [5.74, 6) is 0.409. The van der Waals surface area contributed by atoms with E-state index in [2.05, 4.69) is 20.8 Å². The van der Waals surface area contributed by atoms with Gasteiger partial charge in [-0.25, -0.2) is 9.19 Å². The molecule has 2 heterocycles. The van der Waals surface area contributed by atoms with E-state index >= 15 is 0 Å². The van der Waals surface area contributed by atoms with Crippen LogP contribution in [0.15, 0.2) is 24.5 Å². The molecule has 7 heteroatoms. The zero-order valence-electron chi connectivity index (χ0n) is 12.1. The van der Waals surface area contributed by atoms with Gasteiger partial charge in [-0.2, -0.15) is 5.26 Å². The summed E-state index contributed by atoms with van der Waals surface area (Å²) in [6.45, 7) is 3.88. The summed E-state index contributed by atoms with van der Waals surface area (Å²) in [6, 6.07) is 5.98. The Morgan fingerprint density at radius 1 is 1.45 bits per heavy atom. The van der Waals surface area contributed by atoms with Crippen LogP contribution in [0.3, 0.4) is 0 Å². The van der Waals surface area contributed by atoms with Gasteiger partial charge < -0.3 is 9.71 Å². The predicted octanol–water partition coefficient (Wildman–Crippen LogP) is 3.39. The molecule has 0 saturated carbocycles. The van der Waals surface area contributed by atoms with E-state index in [0.717, 1.165) is 32.0 Å². The first-order chi connectivity index (χ1) is 10.6. The molecule has 22 heavy (non-hydrogen) atoms. The molecular weight excluding hydrogens is 316 g/mol. The van der Waals surface area contributed by atoms with Crippen molar-refractivity contribution >= 4 is 38.9 Å². The molecule has 0 radical (unpaired) electrons. The largest absolute Gasteiger partial charge is 0.358 e. The number of thiazole rings is 1. The van der Waals surface area contributed by atoms with Gasteiger partial charge in [-0.1, -0.05) is 6.07 Å². The Labute approximate surface area is 134 Å². The summed E-state index contributed by atoms with van der Waals surface area (Å²) in [6.07, 6.45) is 3.44. The highest BCUT2D eigenvalue weighted by molar-refractivity contribution is 7.85. The van der Waals surface area contributed by atoms with Crippen LogP contribution in [0.2, 0.25) is 0 Å². The fraction of sp³-hybridized carbons (Fsp3) is 0.200. The SMILES string of the molecule is Cc1ncc(CS(=O)Nc2ccc(C)c3c(C#N)c[nH]c23)s1. The van der Waals surface area contributed by atoms with Gasteiger partial charge in [0, 0.05) is 22.7 Å². The second-order valence-corrected chi connectivity index (χ2v) is 7.43. The zero-order valence-corrected chi connectivity index (χ0v) is 13.8. The average Bonchev–Trinajstić information content (AvgIpc) is 3.08. The zero-order chi connectivity index (χ0) is 15.7. The van der Waals surface area contributed by atoms with E-state index < -0.39 is 11.0 Å². The Morgan fingerprint density at radius 3 is 2.95 bits per heavy atom. The number of hydrogen-bond donors (Lipinski definition) is 2. The number of aryl methyl sites for hydroxylation is 2. The Bertz CT molecular complexity index is 904. The van der Waals surface area contributed by atoms with E-state index in [-0.39, 0.29) is 0 Å². The van der Waals surface area contributed by atoms with E-state index in [1.807, 2.05) is 26.0 Å². The molecular formula is C15H14N4OS2.